The highest BCUT2D eigenvalue weighted by atomic mass is 32.2. The number of benzene rings is 1. The molecule has 1 heterocycles. The Morgan fingerprint density at radius 2 is 2.06 bits per heavy atom. The van der Waals surface area contributed by atoms with E-state index in [1.807, 2.05) is 0 Å². The van der Waals surface area contributed by atoms with Crippen molar-refractivity contribution in [3.8, 4) is 0 Å². The van der Waals surface area contributed by atoms with Crippen molar-refractivity contribution >= 4 is 21.9 Å². The number of nitrogens with one attached hydrogen (secondary N) is 2. The molecule has 1 aliphatic heterocycles. The molecule has 0 bridgehead atoms. The first-order chi connectivity index (χ1) is 14.7. The van der Waals surface area contributed by atoms with Crippen LogP contribution in [0.1, 0.15) is 68.3 Å². The topological polar surface area (TPSA) is 108 Å². The second kappa shape index (κ2) is 7.03. The molecule has 0 spiro atoms. The number of carbonyl (C=O) groups excluding carboxylic acids is 2. The van der Waals surface area contributed by atoms with Crippen LogP contribution in [0, 0.1) is 5.92 Å². The molecule has 8 heteroatoms. The fraction of sp³-hybridized carbons (Fsp3) is 0.478. The summed E-state index contributed by atoms with van der Waals surface area (Å²) in [7, 11) is -3.47. The van der Waals surface area contributed by atoms with Crippen molar-refractivity contribution in [1.29, 1.82) is 0 Å². The number of allylic oxidation sites excluding steroid dienone is 2. The van der Waals surface area contributed by atoms with Crippen LogP contribution < -0.4 is 10.0 Å². The second-order valence-corrected chi connectivity index (χ2v) is 11.2. The van der Waals surface area contributed by atoms with E-state index in [9.17, 15) is 18.9 Å². The highest BCUT2D eigenvalue weighted by molar-refractivity contribution is 7.93. The maximum absolute atomic E-state index is 13.5. The van der Waals surface area contributed by atoms with Crippen LogP contribution >= 0.6 is 0 Å². The third-order valence-electron chi connectivity index (χ3n) is 6.85. The molecular weight excluding hydrogens is 414 g/mol. The number of urea groups is 1. The van der Waals surface area contributed by atoms with Crippen LogP contribution in [0.3, 0.4) is 0 Å². The van der Waals surface area contributed by atoms with Crippen LogP contribution in [0.5, 0.6) is 0 Å². The molecule has 3 N–H and O–H groups in total. The van der Waals surface area contributed by atoms with Crippen molar-refractivity contribution in [2.45, 2.75) is 68.9 Å². The fourth-order valence-electron chi connectivity index (χ4n) is 5.32. The Hall–Kier alpha value is -2.45. The first-order valence-electron chi connectivity index (χ1n) is 10.8. The van der Waals surface area contributed by atoms with E-state index in [2.05, 4.69) is 20.5 Å². The van der Waals surface area contributed by atoms with Gasteiger partial charge in [0.05, 0.1) is 22.1 Å². The van der Waals surface area contributed by atoms with Crippen molar-refractivity contribution in [1.82, 2.24) is 10.0 Å². The van der Waals surface area contributed by atoms with E-state index < -0.39 is 27.5 Å². The Kier molecular flexibility index (Phi) is 4.64. The summed E-state index contributed by atoms with van der Waals surface area (Å²) in [5, 5.41) is 13.3. The summed E-state index contributed by atoms with van der Waals surface area (Å²) < 4.78 is 19.9. The summed E-state index contributed by atoms with van der Waals surface area (Å²) in [6.45, 7) is 3.21. The molecule has 1 saturated carbocycles. The van der Waals surface area contributed by atoms with Crippen molar-refractivity contribution in [2.75, 3.05) is 0 Å². The van der Waals surface area contributed by atoms with Crippen molar-refractivity contribution < 1.29 is 18.9 Å². The minimum Gasteiger partial charge on any atom is -0.386 e. The monoisotopic (exact) mass is 441 g/mol. The lowest BCUT2D eigenvalue weighted by molar-refractivity contribution is 0.0782. The van der Waals surface area contributed by atoms with Gasteiger partial charge in [-0.05, 0) is 81.2 Å². The summed E-state index contributed by atoms with van der Waals surface area (Å²) in [4.78, 5) is 25.5. The predicted molar refractivity (Wildman–Crippen MR) is 117 cm³/mol. The number of amides is 3. The van der Waals surface area contributed by atoms with E-state index in [4.69, 9.17) is 0 Å². The second-order valence-electron chi connectivity index (χ2n) is 9.37. The van der Waals surface area contributed by atoms with Crippen LogP contribution in [0.25, 0.3) is 0 Å². The SMILES string of the molecule is CC(C)(O)c1ccc2c(c1)S(=O)(=NC(=O)NC1C3=C(C=C4CCCC41)CCC3)NC2=O. The average Bonchev–Trinajstić information content (AvgIpc) is 3.39. The number of aliphatic hydroxyl groups is 1. The standard InChI is InChI=1S/C23H27N3O4S/c1-23(2,29)15-9-10-18-19(12-15)31(30,25-21(18)27)26-22(28)24-20-16-7-3-5-13(16)11-14-6-4-8-17(14)20/h9-12,16,20,29H,3-8H2,1-2H3,(H2,24,25,26,27,28,30). The zero-order chi connectivity index (χ0) is 22.0. The number of nitrogens with zero attached hydrogens (tertiary/aromatic N) is 1. The lowest BCUT2D eigenvalue weighted by atomic mass is 9.82. The van der Waals surface area contributed by atoms with E-state index in [0.29, 0.717) is 5.56 Å². The van der Waals surface area contributed by atoms with Crippen LogP contribution in [0.2, 0.25) is 0 Å². The largest absolute Gasteiger partial charge is 0.386 e. The molecule has 1 fully saturated rings. The van der Waals surface area contributed by atoms with Crippen molar-refractivity contribution in [3.05, 3.63) is 52.1 Å². The Morgan fingerprint density at radius 1 is 1.26 bits per heavy atom. The first-order valence-corrected chi connectivity index (χ1v) is 12.4. The molecule has 3 atom stereocenters. The lowest BCUT2D eigenvalue weighted by Crippen LogP contribution is -2.42. The van der Waals surface area contributed by atoms with Crippen LogP contribution in [0.15, 0.2) is 50.3 Å². The van der Waals surface area contributed by atoms with E-state index in [-0.39, 0.29) is 22.4 Å². The van der Waals surface area contributed by atoms with Crippen LogP contribution in [-0.4, -0.2) is 27.3 Å². The summed E-state index contributed by atoms with van der Waals surface area (Å²) >= 11 is 0. The molecular formula is C23H27N3O4S. The summed E-state index contributed by atoms with van der Waals surface area (Å²) in [5.41, 5.74) is 3.53. The van der Waals surface area contributed by atoms with E-state index >= 15 is 0 Å². The van der Waals surface area contributed by atoms with Gasteiger partial charge in [-0.3, -0.25) is 9.52 Å². The van der Waals surface area contributed by atoms with Gasteiger partial charge in [0.2, 0.25) is 0 Å². The molecule has 4 aliphatic rings. The number of hydrogen-bond acceptors (Lipinski definition) is 4. The molecule has 0 radical (unpaired) electrons. The number of carbonyl (C=O) groups is 2. The van der Waals surface area contributed by atoms with Gasteiger partial charge < -0.3 is 10.4 Å². The Labute approximate surface area is 182 Å². The van der Waals surface area contributed by atoms with Gasteiger partial charge in [-0.25, -0.2) is 9.00 Å². The lowest BCUT2D eigenvalue weighted by Gasteiger charge is -2.31. The normalized spacial score (nSPS) is 29.1. The molecule has 3 unspecified atom stereocenters. The average molecular weight is 442 g/mol. The number of hydrogen-bond donors (Lipinski definition) is 3. The van der Waals surface area contributed by atoms with E-state index in [1.54, 1.807) is 19.9 Å². The number of fused-ring (bicyclic) bond motifs is 2. The number of rotatable bonds is 2. The highest BCUT2D eigenvalue weighted by Gasteiger charge is 2.39. The van der Waals surface area contributed by atoms with Gasteiger partial charge in [-0.15, -0.1) is 4.36 Å². The Morgan fingerprint density at radius 3 is 2.84 bits per heavy atom. The Bertz CT molecular complexity index is 1180. The molecule has 3 aliphatic carbocycles. The first kappa shape index (κ1) is 20.5. The summed E-state index contributed by atoms with van der Waals surface area (Å²) in [6, 6.07) is 3.85. The molecule has 0 aromatic heterocycles. The van der Waals surface area contributed by atoms with Gasteiger partial charge in [0, 0.05) is 5.92 Å². The van der Waals surface area contributed by atoms with Gasteiger partial charge in [0.25, 0.3) is 5.91 Å². The minimum atomic E-state index is -3.47. The quantitative estimate of drug-likeness (QED) is 0.650. The van der Waals surface area contributed by atoms with E-state index in [0.717, 1.165) is 38.5 Å². The maximum atomic E-state index is 13.5. The predicted octanol–water partition coefficient (Wildman–Crippen LogP) is 3.70. The molecule has 7 nitrogen and oxygen atoms in total. The maximum Gasteiger partial charge on any atom is 0.351 e. The molecule has 3 amide bonds. The van der Waals surface area contributed by atoms with Gasteiger partial charge in [0.15, 0.2) is 9.92 Å². The van der Waals surface area contributed by atoms with Crippen molar-refractivity contribution in [3.63, 3.8) is 0 Å². The minimum absolute atomic E-state index is 0.112. The zero-order valence-corrected chi connectivity index (χ0v) is 18.6. The molecule has 0 saturated heterocycles. The molecule has 1 aromatic carbocycles. The van der Waals surface area contributed by atoms with Crippen LogP contribution in [-0.2, 0) is 15.5 Å². The Balaban J connectivity index is 1.48. The van der Waals surface area contributed by atoms with Gasteiger partial charge in [-0.2, -0.15) is 0 Å². The molecule has 164 valence electrons. The van der Waals surface area contributed by atoms with Gasteiger partial charge in [-0.1, -0.05) is 17.7 Å². The molecule has 1 aromatic rings. The summed E-state index contributed by atoms with van der Waals surface area (Å²) in [6.07, 6.45) is 8.61. The van der Waals surface area contributed by atoms with Gasteiger partial charge in [0.1, 0.15) is 0 Å². The molecule has 5 rings (SSSR count). The highest BCUT2D eigenvalue weighted by Crippen LogP contribution is 2.45. The summed E-state index contributed by atoms with van der Waals surface area (Å²) in [5.74, 6) is -0.251. The van der Waals surface area contributed by atoms with Gasteiger partial charge >= 0.3 is 6.03 Å². The molecule has 31 heavy (non-hydrogen) atoms. The third-order valence-corrected chi connectivity index (χ3v) is 8.67. The third kappa shape index (κ3) is 3.42. The fourth-order valence-corrected chi connectivity index (χ4v) is 6.97. The smallest absolute Gasteiger partial charge is 0.351 e. The van der Waals surface area contributed by atoms with Crippen molar-refractivity contribution in [2.24, 2.45) is 10.3 Å². The van der Waals surface area contributed by atoms with E-state index in [1.165, 1.54) is 28.9 Å². The van der Waals surface area contributed by atoms with Crippen LogP contribution in [0.4, 0.5) is 4.79 Å². The zero-order valence-electron chi connectivity index (χ0n) is 17.7.